The maximum Gasteiger partial charge on any atom is 0.178 e. The fourth-order valence-corrected chi connectivity index (χ4v) is 10.4. The zero-order valence-electron chi connectivity index (χ0n) is 22.2. The van der Waals surface area contributed by atoms with Crippen molar-refractivity contribution in [2.45, 2.75) is 92.4 Å². The van der Waals surface area contributed by atoms with Crippen LogP contribution < -0.4 is 0 Å². The SMILES string of the molecule is CC1(C)C(=O)C(C#N)=C[C@]2(C)C3=CC(=O)[C@@H]4[C@@H]5CC6(CC6)CC[C@]5(CO)CC[C@@]4(C)[C@]3(C)CC[C@@H]12. The van der Waals surface area contributed by atoms with Gasteiger partial charge in [-0.3, -0.25) is 9.59 Å². The highest BCUT2D eigenvalue weighted by Gasteiger charge is 2.70. The van der Waals surface area contributed by atoms with Crippen LogP contribution >= 0.6 is 0 Å². The fourth-order valence-electron chi connectivity index (χ4n) is 10.4. The van der Waals surface area contributed by atoms with Gasteiger partial charge in [-0.05, 0) is 97.4 Å². The lowest BCUT2D eigenvalue weighted by Gasteiger charge is -2.69. The van der Waals surface area contributed by atoms with Crippen LogP contribution in [0.1, 0.15) is 92.4 Å². The van der Waals surface area contributed by atoms with Gasteiger partial charge in [0, 0.05) is 23.4 Å². The van der Waals surface area contributed by atoms with Gasteiger partial charge in [-0.15, -0.1) is 0 Å². The lowest BCUT2D eigenvalue weighted by atomic mass is 9.34. The summed E-state index contributed by atoms with van der Waals surface area (Å²) < 4.78 is 0. The van der Waals surface area contributed by atoms with Crippen molar-refractivity contribution in [1.82, 2.24) is 0 Å². The number of nitriles is 1. The van der Waals surface area contributed by atoms with Crippen molar-refractivity contribution < 1.29 is 14.7 Å². The van der Waals surface area contributed by atoms with Crippen molar-refractivity contribution in [3.8, 4) is 6.07 Å². The van der Waals surface area contributed by atoms with Gasteiger partial charge in [0.05, 0.1) is 5.57 Å². The molecule has 0 saturated heterocycles. The topological polar surface area (TPSA) is 78.2 Å². The molecule has 0 aromatic carbocycles. The van der Waals surface area contributed by atoms with Crippen LogP contribution in [0.15, 0.2) is 23.3 Å². The van der Waals surface area contributed by atoms with Crippen LogP contribution in [0.5, 0.6) is 0 Å². The quantitative estimate of drug-likeness (QED) is 0.508. The van der Waals surface area contributed by atoms with E-state index < -0.39 is 10.8 Å². The molecule has 0 bridgehead atoms. The second kappa shape index (κ2) is 6.77. The van der Waals surface area contributed by atoms with E-state index in [1.54, 1.807) is 0 Å². The first-order valence-electron chi connectivity index (χ1n) is 13.9. The van der Waals surface area contributed by atoms with Crippen molar-refractivity contribution in [2.24, 2.45) is 50.2 Å². The van der Waals surface area contributed by atoms with Gasteiger partial charge in [0.25, 0.3) is 0 Å². The molecule has 1 N–H and O–H groups in total. The highest BCUT2D eigenvalue weighted by Crippen LogP contribution is 2.75. The number of aliphatic hydroxyl groups is 1. The molecular weight excluding hydrogens is 434 g/mol. The zero-order valence-corrected chi connectivity index (χ0v) is 22.2. The Kier molecular flexibility index (Phi) is 4.58. The minimum absolute atomic E-state index is 0.0484. The predicted molar refractivity (Wildman–Crippen MR) is 134 cm³/mol. The Morgan fingerprint density at radius 1 is 1.00 bits per heavy atom. The average Bonchev–Trinajstić information content (AvgIpc) is 3.57. The number of aliphatic hydroxyl groups excluding tert-OH is 1. The molecule has 35 heavy (non-hydrogen) atoms. The van der Waals surface area contributed by atoms with Crippen molar-refractivity contribution in [3.05, 3.63) is 23.3 Å². The van der Waals surface area contributed by atoms with E-state index in [0.29, 0.717) is 5.41 Å². The van der Waals surface area contributed by atoms with Gasteiger partial charge in [0.15, 0.2) is 11.6 Å². The number of carbonyl (C=O) groups excluding carboxylic acids is 2. The van der Waals surface area contributed by atoms with Gasteiger partial charge in [0.2, 0.25) is 0 Å². The molecule has 0 aliphatic heterocycles. The maximum absolute atomic E-state index is 14.3. The van der Waals surface area contributed by atoms with E-state index >= 15 is 0 Å². The summed E-state index contributed by atoms with van der Waals surface area (Å²) in [5.74, 6) is 0.470. The van der Waals surface area contributed by atoms with Gasteiger partial charge in [-0.2, -0.15) is 5.26 Å². The largest absolute Gasteiger partial charge is 0.396 e. The van der Waals surface area contributed by atoms with Crippen molar-refractivity contribution in [3.63, 3.8) is 0 Å². The summed E-state index contributed by atoms with van der Waals surface area (Å²) in [7, 11) is 0. The molecule has 6 aliphatic rings. The molecule has 6 rings (SSSR count). The number of rotatable bonds is 1. The first-order chi connectivity index (χ1) is 16.3. The molecule has 4 nitrogen and oxygen atoms in total. The van der Waals surface area contributed by atoms with Gasteiger partial charge >= 0.3 is 0 Å². The van der Waals surface area contributed by atoms with E-state index in [0.717, 1.165) is 44.1 Å². The van der Waals surface area contributed by atoms with E-state index in [4.69, 9.17) is 0 Å². The number of Topliss-reactive ketones (excluding diaryl/α,β-unsaturated/α-hetero) is 1. The molecular formula is C31H41NO3. The van der Waals surface area contributed by atoms with Crippen LogP contribution in [-0.4, -0.2) is 23.3 Å². The van der Waals surface area contributed by atoms with E-state index in [2.05, 4.69) is 26.8 Å². The predicted octanol–water partition coefficient (Wildman–Crippen LogP) is 5.95. The van der Waals surface area contributed by atoms with E-state index in [-0.39, 0.29) is 57.7 Å². The summed E-state index contributed by atoms with van der Waals surface area (Å²) in [5, 5.41) is 20.5. The molecule has 0 heterocycles. The average molecular weight is 476 g/mol. The molecule has 1 spiro atoms. The second-order valence-corrected chi connectivity index (χ2v) is 14.6. The normalized spacial score (nSPS) is 49.0. The van der Waals surface area contributed by atoms with Crippen molar-refractivity contribution in [1.29, 1.82) is 5.26 Å². The number of carbonyl (C=O) groups is 2. The summed E-state index contributed by atoms with van der Waals surface area (Å²) in [5.41, 5.74) is 0.285. The van der Waals surface area contributed by atoms with Gasteiger partial charge in [0.1, 0.15) is 6.07 Å². The molecule has 4 fully saturated rings. The van der Waals surface area contributed by atoms with Gasteiger partial charge in [-0.25, -0.2) is 0 Å². The number of hydrogen-bond acceptors (Lipinski definition) is 4. The molecule has 7 atom stereocenters. The second-order valence-electron chi connectivity index (χ2n) is 14.6. The van der Waals surface area contributed by atoms with Crippen molar-refractivity contribution in [2.75, 3.05) is 6.61 Å². The van der Waals surface area contributed by atoms with E-state index in [9.17, 15) is 20.0 Å². The number of allylic oxidation sites excluding steroid dienone is 4. The third-order valence-electron chi connectivity index (χ3n) is 13.0. The molecule has 4 heteroatoms. The minimum atomic E-state index is -0.627. The van der Waals surface area contributed by atoms with Crippen LogP contribution in [-0.2, 0) is 9.59 Å². The Labute approximate surface area is 210 Å². The van der Waals surface area contributed by atoms with Crippen LogP contribution in [0.4, 0.5) is 0 Å². The third-order valence-corrected chi connectivity index (χ3v) is 13.0. The third kappa shape index (κ3) is 2.67. The lowest BCUT2D eigenvalue weighted by molar-refractivity contribution is -0.174. The highest BCUT2D eigenvalue weighted by atomic mass is 16.3. The molecule has 0 aromatic heterocycles. The minimum Gasteiger partial charge on any atom is -0.396 e. The van der Waals surface area contributed by atoms with E-state index in [1.807, 2.05) is 26.0 Å². The van der Waals surface area contributed by atoms with Crippen LogP contribution in [0.3, 0.4) is 0 Å². The number of fused-ring (bicyclic) bond motifs is 7. The fraction of sp³-hybridized carbons (Fsp3) is 0.774. The Morgan fingerprint density at radius 3 is 2.29 bits per heavy atom. The molecule has 0 aromatic rings. The molecule has 0 amide bonds. The Hall–Kier alpha value is -1.73. The van der Waals surface area contributed by atoms with Crippen LogP contribution in [0.25, 0.3) is 0 Å². The summed E-state index contributed by atoms with van der Waals surface area (Å²) in [6.45, 7) is 11.1. The number of hydrogen-bond donors (Lipinski definition) is 1. The number of nitrogens with zero attached hydrogens (tertiary/aromatic N) is 1. The summed E-state index contributed by atoms with van der Waals surface area (Å²) >= 11 is 0. The van der Waals surface area contributed by atoms with Gasteiger partial charge < -0.3 is 5.11 Å². The van der Waals surface area contributed by atoms with Gasteiger partial charge in [-0.1, -0.05) is 46.3 Å². The lowest BCUT2D eigenvalue weighted by Crippen LogP contribution is -2.65. The Balaban J connectivity index is 1.52. The van der Waals surface area contributed by atoms with Crippen LogP contribution in [0, 0.1) is 61.6 Å². The highest BCUT2D eigenvalue weighted by molar-refractivity contribution is 6.04. The van der Waals surface area contributed by atoms with E-state index in [1.165, 1.54) is 19.3 Å². The smallest absolute Gasteiger partial charge is 0.178 e. The number of ketones is 2. The molecule has 188 valence electrons. The first-order valence-corrected chi connectivity index (χ1v) is 13.9. The molecule has 0 unspecified atom stereocenters. The molecule has 6 aliphatic carbocycles. The van der Waals surface area contributed by atoms with Crippen molar-refractivity contribution >= 4 is 11.6 Å². The summed E-state index contributed by atoms with van der Waals surface area (Å²) in [6.07, 6.45) is 13.7. The first kappa shape index (κ1) is 23.7. The zero-order chi connectivity index (χ0) is 25.2. The maximum atomic E-state index is 14.3. The Bertz CT molecular complexity index is 1130. The molecule has 0 radical (unpaired) electrons. The molecule has 4 saturated carbocycles. The van der Waals surface area contributed by atoms with Crippen LogP contribution in [0.2, 0.25) is 0 Å². The Morgan fingerprint density at radius 2 is 1.66 bits per heavy atom. The monoisotopic (exact) mass is 475 g/mol. The summed E-state index contributed by atoms with van der Waals surface area (Å²) in [6, 6.07) is 2.19. The standard InChI is InChI=1S/C31H41NO3/c1-26(2)22-6-7-28(4)23(27(22,3)15-19(17-32)25(26)35)14-21(34)24-20-16-30(9-10-30)11-13-31(20,18-33)12-8-29(24,28)5/h14-15,20,22,24,33H,6-13,16,18H2,1-5H3/t20-,22-,24-,27-,28+,29+,31-/m0/s1. The summed E-state index contributed by atoms with van der Waals surface area (Å²) in [4.78, 5) is 27.4.